The highest BCUT2D eigenvalue weighted by Crippen LogP contribution is 2.39. The second-order valence-electron chi connectivity index (χ2n) is 7.76. The van der Waals surface area contributed by atoms with Gasteiger partial charge in [-0.15, -0.1) is 12.4 Å². The van der Waals surface area contributed by atoms with Crippen LogP contribution in [0.15, 0.2) is 30.3 Å². The fraction of sp³-hybridized carbons (Fsp3) is 0.417. The third-order valence-corrected chi connectivity index (χ3v) is 7.05. The first-order valence-electron chi connectivity index (χ1n) is 11.0. The van der Waals surface area contributed by atoms with Crippen LogP contribution >= 0.6 is 35.3 Å². The number of hydrogen-bond acceptors (Lipinski definition) is 8. The largest absolute Gasteiger partial charge is 0.493 e. The van der Waals surface area contributed by atoms with E-state index in [1.807, 2.05) is 12.1 Å². The van der Waals surface area contributed by atoms with Crippen molar-refractivity contribution in [1.29, 1.82) is 0 Å². The molecule has 0 unspecified atom stereocenters. The number of ether oxygens (including phenoxy) is 4. The van der Waals surface area contributed by atoms with Crippen LogP contribution in [0, 0.1) is 0 Å². The lowest BCUT2D eigenvalue weighted by Crippen LogP contribution is -2.39. The second kappa shape index (κ2) is 12.6. The van der Waals surface area contributed by atoms with Crippen molar-refractivity contribution in [2.75, 3.05) is 65.6 Å². The fourth-order valence-electron chi connectivity index (χ4n) is 3.94. The van der Waals surface area contributed by atoms with Crippen LogP contribution in [0.1, 0.15) is 16.8 Å². The molecule has 8 nitrogen and oxygen atoms in total. The van der Waals surface area contributed by atoms with Crippen molar-refractivity contribution >= 4 is 56.6 Å². The number of para-hydroxylation sites is 1. The van der Waals surface area contributed by atoms with E-state index in [4.69, 9.17) is 35.5 Å². The molecule has 0 spiro atoms. The molecule has 2 heterocycles. The number of hydrogen-bond donors (Lipinski definition) is 0. The number of anilines is 1. The number of rotatable bonds is 9. The zero-order valence-corrected chi connectivity index (χ0v) is 22.3. The molecular formula is C24H29Cl2N3O5S. The molecule has 190 valence electrons. The van der Waals surface area contributed by atoms with Crippen LogP contribution in [0.2, 0.25) is 5.02 Å². The van der Waals surface area contributed by atoms with Crippen LogP contribution in [0.5, 0.6) is 17.2 Å². The molecule has 1 aromatic heterocycles. The summed E-state index contributed by atoms with van der Waals surface area (Å²) in [7, 11) is 4.59. The summed E-state index contributed by atoms with van der Waals surface area (Å²) in [5.41, 5.74) is 1.12. The molecule has 0 N–H and O–H groups in total. The average Bonchev–Trinajstić information content (AvgIpc) is 3.31. The minimum atomic E-state index is -0.198. The molecule has 1 aliphatic rings. The Labute approximate surface area is 220 Å². The molecular weight excluding hydrogens is 513 g/mol. The SMILES string of the molecule is COc1cc(C(=O)N(CCCN2CCOCC2)c2nc3c(Cl)cccc3s2)cc(OC)c1OC.Cl. The van der Waals surface area contributed by atoms with Crippen LogP contribution < -0.4 is 19.1 Å². The van der Waals surface area contributed by atoms with Gasteiger partial charge in [0.05, 0.1) is 44.3 Å². The lowest BCUT2D eigenvalue weighted by Gasteiger charge is -2.28. The molecule has 3 aromatic rings. The Morgan fingerprint density at radius 1 is 1.14 bits per heavy atom. The van der Waals surface area contributed by atoms with Crippen LogP contribution in [0.25, 0.3) is 10.2 Å². The number of carbonyl (C=O) groups excluding carboxylic acids is 1. The lowest BCUT2D eigenvalue weighted by atomic mass is 10.1. The predicted octanol–water partition coefficient (Wildman–Crippen LogP) is 4.77. The molecule has 11 heteroatoms. The van der Waals surface area contributed by atoms with Gasteiger partial charge in [-0.2, -0.15) is 0 Å². The highest BCUT2D eigenvalue weighted by molar-refractivity contribution is 7.22. The van der Waals surface area contributed by atoms with Gasteiger partial charge in [0, 0.05) is 31.7 Å². The first-order chi connectivity index (χ1) is 16.5. The van der Waals surface area contributed by atoms with Crippen LogP contribution in [0.3, 0.4) is 0 Å². The summed E-state index contributed by atoms with van der Waals surface area (Å²) in [6.45, 7) is 4.66. The van der Waals surface area contributed by atoms with E-state index < -0.39 is 0 Å². The third-order valence-electron chi connectivity index (χ3n) is 5.71. The molecule has 0 aliphatic carbocycles. The molecule has 2 aromatic carbocycles. The first kappa shape index (κ1) is 27.3. The van der Waals surface area contributed by atoms with Crippen LogP contribution in [-0.2, 0) is 4.74 Å². The van der Waals surface area contributed by atoms with Gasteiger partial charge >= 0.3 is 0 Å². The monoisotopic (exact) mass is 541 g/mol. The van der Waals surface area contributed by atoms with Gasteiger partial charge in [0.1, 0.15) is 5.52 Å². The smallest absolute Gasteiger partial charge is 0.260 e. The van der Waals surface area contributed by atoms with E-state index in [1.54, 1.807) is 23.1 Å². The van der Waals surface area contributed by atoms with Gasteiger partial charge in [0.2, 0.25) is 5.75 Å². The summed E-state index contributed by atoms with van der Waals surface area (Å²) in [5.74, 6) is 1.08. The van der Waals surface area contributed by atoms with Crippen LogP contribution in [0.4, 0.5) is 5.13 Å². The average molecular weight is 542 g/mol. The number of methoxy groups -OCH3 is 3. The molecule has 35 heavy (non-hydrogen) atoms. The highest BCUT2D eigenvalue weighted by atomic mass is 35.5. The maximum Gasteiger partial charge on any atom is 0.260 e. The first-order valence-corrected chi connectivity index (χ1v) is 12.2. The molecule has 1 saturated heterocycles. The zero-order chi connectivity index (χ0) is 24.1. The summed E-state index contributed by atoms with van der Waals surface area (Å²) in [6, 6.07) is 8.98. The van der Waals surface area contributed by atoms with E-state index in [-0.39, 0.29) is 18.3 Å². The van der Waals surface area contributed by atoms with Gasteiger partial charge in [0.25, 0.3) is 5.91 Å². The zero-order valence-electron chi connectivity index (χ0n) is 19.9. The van der Waals surface area contributed by atoms with Gasteiger partial charge < -0.3 is 18.9 Å². The van der Waals surface area contributed by atoms with Gasteiger partial charge in [0.15, 0.2) is 16.6 Å². The van der Waals surface area contributed by atoms with Gasteiger partial charge in [-0.3, -0.25) is 14.6 Å². The number of thiazole rings is 1. The third kappa shape index (κ3) is 6.10. The minimum Gasteiger partial charge on any atom is -0.493 e. The summed E-state index contributed by atoms with van der Waals surface area (Å²) >= 11 is 7.81. The topological polar surface area (TPSA) is 73.4 Å². The Kier molecular flexibility index (Phi) is 9.82. The number of amides is 1. The molecule has 0 bridgehead atoms. The Hall–Kier alpha value is -2.30. The Balaban J connectivity index is 0.00000342. The maximum atomic E-state index is 13.8. The number of halogens is 2. The standard InChI is InChI=1S/C24H28ClN3O5S.ClH/c1-30-18-14-16(15-19(31-2)22(18)32-3)23(29)28(9-5-8-27-10-12-33-13-11-27)24-26-21-17(25)6-4-7-20(21)34-24;/h4,6-7,14-15H,5,8-13H2,1-3H3;1H. The Bertz CT molecular complexity index is 1130. The molecule has 4 rings (SSSR count). The molecule has 0 saturated carbocycles. The van der Waals surface area contributed by atoms with E-state index in [0.717, 1.165) is 44.0 Å². The number of morpholine rings is 1. The van der Waals surface area contributed by atoms with Crippen molar-refractivity contribution < 1.29 is 23.7 Å². The molecule has 1 aliphatic heterocycles. The maximum absolute atomic E-state index is 13.8. The number of benzene rings is 2. The van der Waals surface area contributed by atoms with Crippen molar-refractivity contribution in [1.82, 2.24) is 9.88 Å². The number of carbonyl (C=O) groups is 1. The van der Waals surface area contributed by atoms with Gasteiger partial charge in [-0.05, 0) is 30.7 Å². The molecule has 1 amide bonds. The summed E-state index contributed by atoms with van der Waals surface area (Å²) in [4.78, 5) is 22.6. The highest BCUT2D eigenvalue weighted by Gasteiger charge is 2.25. The second-order valence-corrected chi connectivity index (χ2v) is 9.18. The van der Waals surface area contributed by atoms with Gasteiger partial charge in [-0.25, -0.2) is 4.98 Å². The molecule has 1 fully saturated rings. The van der Waals surface area contributed by atoms with E-state index in [1.165, 1.54) is 32.7 Å². The van der Waals surface area contributed by atoms with Crippen molar-refractivity contribution in [3.63, 3.8) is 0 Å². The predicted molar refractivity (Wildman–Crippen MR) is 142 cm³/mol. The van der Waals surface area contributed by atoms with Crippen molar-refractivity contribution in [2.45, 2.75) is 6.42 Å². The molecule has 0 radical (unpaired) electrons. The van der Waals surface area contributed by atoms with Gasteiger partial charge in [-0.1, -0.05) is 29.0 Å². The lowest BCUT2D eigenvalue weighted by molar-refractivity contribution is 0.0376. The number of nitrogens with zero attached hydrogens (tertiary/aromatic N) is 3. The quantitative estimate of drug-likeness (QED) is 0.386. The van der Waals surface area contributed by atoms with E-state index in [0.29, 0.717) is 45.0 Å². The Morgan fingerprint density at radius 2 is 1.83 bits per heavy atom. The summed E-state index contributed by atoms with van der Waals surface area (Å²) in [6.07, 6.45) is 0.791. The van der Waals surface area contributed by atoms with E-state index in [2.05, 4.69) is 4.90 Å². The van der Waals surface area contributed by atoms with Crippen molar-refractivity contribution in [2.24, 2.45) is 0 Å². The van der Waals surface area contributed by atoms with Crippen LogP contribution in [-0.4, -0.2) is 76.5 Å². The fourth-order valence-corrected chi connectivity index (χ4v) is 5.23. The van der Waals surface area contributed by atoms with E-state index in [9.17, 15) is 4.79 Å². The summed E-state index contributed by atoms with van der Waals surface area (Å²) < 4.78 is 22.7. The number of aromatic nitrogens is 1. The number of fused-ring (bicyclic) bond motifs is 1. The van der Waals surface area contributed by atoms with Crippen molar-refractivity contribution in [3.8, 4) is 17.2 Å². The molecule has 0 atom stereocenters. The Morgan fingerprint density at radius 3 is 2.43 bits per heavy atom. The summed E-state index contributed by atoms with van der Waals surface area (Å²) in [5, 5.41) is 1.16. The van der Waals surface area contributed by atoms with Crippen molar-refractivity contribution in [3.05, 3.63) is 40.9 Å². The van der Waals surface area contributed by atoms with E-state index >= 15 is 0 Å². The normalized spacial score (nSPS) is 13.8. The minimum absolute atomic E-state index is 0.